The number of hydrogen-bond donors (Lipinski definition) is 2. The Kier molecular flexibility index (Phi) is 3.81. The lowest BCUT2D eigenvalue weighted by Crippen LogP contribution is -2.31. The monoisotopic (exact) mass is 301 g/mol. The zero-order valence-corrected chi connectivity index (χ0v) is 11.9. The number of nitrogens with zero attached hydrogens (tertiary/aromatic N) is 1. The first-order chi connectivity index (χ1) is 10.5. The number of aromatic hydroxyl groups is 1. The maximum absolute atomic E-state index is 13.0. The fourth-order valence-electron chi connectivity index (χ4n) is 2.91. The molecule has 0 aromatic heterocycles. The molecule has 2 aromatic carbocycles. The van der Waals surface area contributed by atoms with Gasteiger partial charge in [-0.1, -0.05) is 18.2 Å². The number of fused-ring (bicyclic) bond motifs is 1. The van der Waals surface area contributed by atoms with Crippen LogP contribution in [0.5, 0.6) is 5.75 Å². The quantitative estimate of drug-likeness (QED) is 0.915. The summed E-state index contributed by atoms with van der Waals surface area (Å²) in [5.74, 6) is -1.41. The number of carbonyl (C=O) groups is 1. The molecule has 0 fully saturated rings. The third-order valence-corrected chi connectivity index (χ3v) is 4.02. The van der Waals surface area contributed by atoms with Crippen LogP contribution in [-0.2, 0) is 19.5 Å². The summed E-state index contributed by atoms with van der Waals surface area (Å²) in [6.45, 7) is 1.82. The topological polar surface area (TPSA) is 60.8 Å². The van der Waals surface area contributed by atoms with Crippen molar-refractivity contribution in [1.82, 2.24) is 4.90 Å². The predicted molar refractivity (Wildman–Crippen MR) is 79.3 cm³/mol. The molecule has 2 N–H and O–H groups in total. The highest BCUT2D eigenvalue weighted by molar-refractivity contribution is 5.89. The Morgan fingerprint density at radius 2 is 2.09 bits per heavy atom. The molecular weight excluding hydrogens is 285 g/mol. The summed E-state index contributed by atoms with van der Waals surface area (Å²) in [6.07, 6.45) is 0.653. The van der Waals surface area contributed by atoms with Crippen molar-refractivity contribution >= 4 is 5.97 Å². The fraction of sp³-hybridized carbons (Fsp3) is 0.235. The first kappa shape index (κ1) is 14.5. The summed E-state index contributed by atoms with van der Waals surface area (Å²) in [7, 11) is 0. The van der Waals surface area contributed by atoms with Crippen molar-refractivity contribution in [3.05, 3.63) is 64.5 Å². The van der Waals surface area contributed by atoms with E-state index < -0.39 is 11.8 Å². The minimum absolute atomic E-state index is 0.0508. The van der Waals surface area contributed by atoms with Gasteiger partial charge in [0.05, 0.1) is 5.56 Å². The average molecular weight is 301 g/mol. The summed E-state index contributed by atoms with van der Waals surface area (Å²) in [6, 6.07) is 9.32. The molecule has 0 radical (unpaired) electrons. The minimum Gasteiger partial charge on any atom is -0.508 e. The molecule has 0 unspecified atom stereocenters. The van der Waals surface area contributed by atoms with Gasteiger partial charge in [0.1, 0.15) is 11.6 Å². The molecule has 5 heteroatoms. The first-order valence-electron chi connectivity index (χ1n) is 7.08. The van der Waals surface area contributed by atoms with E-state index in [2.05, 4.69) is 4.90 Å². The number of rotatable bonds is 3. The van der Waals surface area contributed by atoms with Gasteiger partial charge in [-0.25, -0.2) is 9.18 Å². The molecular formula is C17H16FNO3. The minimum atomic E-state index is -0.901. The van der Waals surface area contributed by atoms with Gasteiger partial charge in [-0.2, -0.15) is 0 Å². The normalized spacial score (nSPS) is 14.6. The Hall–Kier alpha value is -2.40. The van der Waals surface area contributed by atoms with Crippen LogP contribution in [0.4, 0.5) is 4.39 Å². The Morgan fingerprint density at radius 3 is 2.82 bits per heavy atom. The molecule has 1 aliphatic rings. The van der Waals surface area contributed by atoms with Gasteiger partial charge >= 0.3 is 5.97 Å². The number of aromatic carboxylic acids is 1. The van der Waals surface area contributed by atoms with Crippen LogP contribution in [-0.4, -0.2) is 27.6 Å². The van der Waals surface area contributed by atoms with E-state index in [1.807, 2.05) is 6.07 Å². The lowest BCUT2D eigenvalue weighted by molar-refractivity contribution is 0.0694. The van der Waals surface area contributed by atoms with Crippen LogP contribution in [0.15, 0.2) is 36.4 Å². The summed E-state index contributed by atoms with van der Waals surface area (Å²) >= 11 is 0. The third-order valence-electron chi connectivity index (χ3n) is 4.02. The van der Waals surface area contributed by atoms with Gasteiger partial charge in [0.2, 0.25) is 0 Å². The van der Waals surface area contributed by atoms with Gasteiger partial charge in [-0.05, 0) is 29.7 Å². The number of hydrogen-bond acceptors (Lipinski definition) is 3. The zero-order chi connectivity index (χ0) is 15.7. The maximum Gasteiger partial charge on any atom is 0.335 e. The molecule has 0 spiro atoms. The molecule has 0 amide bonds. The van der Waals surface area contributed by atoms with Crippen LogP contribution in [0.3, 0.4) is 0 Å². The van der Waals surface area contributed by atoms with Crippen molar-refractivity contribution < 1.29 is 19.4 Å². The van der Waals surface area contributed by atoms with Gasteiger partial charge < -0.3 is 10.2 Å². The van der Waals surface area contributed by atoms with E-state index in [-0.39, 0.29) is 5.75 Å². The van der Waals surface area contributed by atoms with Gasteiger partial charge in [0.15, 0.2) is 0 Å². The van der Waals surface area contributed by atoms with E-state index in [1.54, 1.807) is 18.2 Å². The lowest BCUT2D eigenvalue weighted by Gasteiger charge is -2.29. The molecule has 114 valence electrons. The SMILES string of the molecule is O=C(O)c1cccc2c1CCN(Cc1ccc(F)cc1O)C2. The maximum atomic E-state index is 13.0. The average Bonchev–Trinajstić information content (AvgIpc) is 2.49. The van der Waals surface area contributed by atoms with Crippen LogP contribution in [0.2, 0.25) is 0 Å². The highest BCUT2D eigenvalue weighted by Crippen LogP contribution is 2.26. The van der Waals surface area contributed by atoms with Crippen molar-refractivity contribution in [1.29, 1.82) is 0 Å². The first-order valence-corrected chi connectivity index (χ1v) is 7.08. The second-order valence-electron chi connectivity index (χ2n) is 5.48. The fourth-order valence-corrected chi connectivity index (χ4v) is 2.91. The van der Waals surface area contributed by atoms with Crippen LogP contribution in [0.25, 0.3) is 0 Å². The summed E-state index contributed by atoms with van der Waals surface area (Å²) < 4.78 is 13.0. The molecule has 0 saturated heterocycles. The number of carboxylic acids is 1. The van der Waals surface area contributed by atoms with Crippen LogP contribution < -0.4 is 0 Å². The number of benzene rings is 2. The van der Waals surface area contributed by atoms with Gasteiger partial charge in [-0.15, -0.1) is 0 Å². The second-order valence-corrected chi connectivity index (χ2v) is 5.48. The van der Waals surface area contributed by atoms with E-state index in [0.717, 1.165) is 17.2 Å². The molecule has 4 nitrogen and oxygen atoms in total. The Labute approximate surface area is 127 Å². The Morgan fingerprint density at radius 1 is 1.27 bits per heavy atom. The number of phenols is 1. The number of halogens is 1. The van der Waals surface area contributed by atoms with Gasteiger partial charge in [0, 0.05) is 31.3 Å². The van der Waals surface area contributed by atoms with E-state index in [9.17, 15) is 19.4 Å². The molecule has 0 saturated carbocycles. The van der Waals surface area contributed by atoms with Crippen molar-refractivity contribution in [2.45, 2.75) is 19.5 Å². The van der Waals surface area contributed by atoms with Crippen molar-refractivity contribution in [3.8, 4) is 5.75 Å². The molecule has 2 aromatic rings. The largest absolute Gasteiger partial charge is 0.508 e. The van der Waals surface area contributed by atoms with E-state index in [4.69, 9.17) is 0 Å². The smallest absolute Gasteiger partial charge is 0.335 e. The highest BCUT2D eigenvalue weighted by Gasteiger charge is 2.21. The molecule has 1 aliphatic heterocycles. The standard InChI is InChI=1S/C17H16FNO3/c18-13-5-4-12(16(20)8-13)10-19-7-6-14-11(9-19)2-1-3-15(14)17(21)22/h1-5,8,20H,6-7,9-10H2,(H,21,22). The van der Waals surface area contributed by atoms with Gasteiger partial charge in [0.25, 0.3) is 0 Å². The van der Waals surface area contributed by atoms with Crippen molar-refractivity contribution in [2.75, 3.05) is 6.54 Å². The van der Waals surface area contributed by atoms with Crippen LogP contribution in [0.1, 0.15) is 27.0 Å². The molecule has 22 heavy (non-hydrogen) atoms. The summed E-state index contributed by atoms with van der Waals surface area (Å²) in [5.41, 5.74) is 2.91. The van der Waals surface area contributed by atoms with Gasteiger partial charge in [-0.3, -0.25) is 4.90 Å². The highest BCUT2D eigenvalue weighted by atomic mass is 19.1. The Balaban J connectivity index is 1.80. The Bertz CT molecular complexity index is 730. The molecule has 0 aliphatic carbocycles. The molecule has 0 atom stereocenters. The van der Waals surface area contributed by atoms with Crippen molar-refractivity contribution in [2.24, 2.45) is 0 Å². The lowest BCUT2D eigenvalue weighted by atomic mass is 9.94. The second kappa shape index (κ2) is 5.77. The van der Waals surface area contributed by atoms with Crippen molar-refractivity contribution in [3.63, 3.8) is 0 Å². The predicted octanol–water partition coefficient (Wildman–Crippen LogP) is 2.79. The van der Waals surface area contributed by atoms with E-state index >= 15 is 0 Å². The summed E-state index contributed by atoms with van der Waals surface area (Å²) in [5, 5.41) is 19.0. The van der Waals surface area contributed by atoms with Crippen LogP contribution in [0, 0.1) is 5.82 Å². The third kappa shape index (κ3) is 2.80. The molecule has 3 rings (SSSR count). The van der Waals surface area contributed by atoms with Crippen LogP contribution >= 0.6 is 0 Å². The van der Waals surface area contributed by atoms with E-state index in [0.29, 0.717) is 37.2 Å². The number of phenolic OH excluding ortho intramolecular Hbond substituents is 1. The molecule has 1 heterocycles. The number of carboxylic acid groups (broad SMARTS) is 1. The molecule has 0 bridgehead atoms. The zero-order valence-electron chi connectivity index (χ0n) is 11.9. The van der Waals surface area contributed by atoms with E-state index in [1.165, 1.54) is 6.07 Å². The summed E-state index contributed by atoms with van der Waals surface area (Å²) in [4.78, 5) is 13.4.